The molecule has 0 spiro atoms. The summed E-state index contributed by atoms with van der Waals surface area (Å²) in [7, 11) is 0. The van der Waals surface area contributed by atoms with Crippen LogP contribution in [0.5, 0.6) is 11.5 Å². The molecule has 1 aliphatic heterocycles. The van der Waals surface area contributed by atoms with E-state index >= 15 is 0 Å². The second-order valence-electron chi connectivity index (χ2n) is 5.41. The summed E-state index contributed by atoms with van der Waals surface area (Å²) in [4.78, 5) is 15.5. The van der Waals surface area contributed by atoms with Crippen molar-refractivity contribution in [1.82, 2.24) is 10.2 Å². The Morgan fingerprint density at radius 2 is 2.24 bits per heavy atom. The van der Waals surface area contributed by atoms with E-state index in [9.17, 15) is 4.79 Å². The number of hydrogen-bond donors (Lipinski definition) is 1. The molecule has 1 aromatic carbocycles. The number of benzene rings is 1. The van der Waals surface area contributed by atoms with Gasteiger partial charge in [0.05, 0.1) is 18.4 Å². The molecule has 0 aliphatic carbocycles. The molecular weight excluding hydrogens is 338 g/mol. The monoisotopic (exact) mass is 353 g/mol. The van der Waals surface area contributed by atoms with Gasteiger partial charge in [0, 0.05) is 17.2 Å². The van der Waals surface area contributed by atoms with Crippen LogP contribution in [0.15, 0.2) is 54.2 Å². The lowest BCUT2D eigenvalue weighted by molar-refractivity contribution is -0.114. The molecule has 0 radical (unpaired) electrons. The number of H-pyrrole nitrogens is 1. The minimum absolute atomic E-state index is 0.118. The Morgan fingerprint density at radius 3 is 3.04 bits per heavy atom. The molecule has 0 bridgehead atoms. The van der Waals surface area contributed by atoms with E-state index in [0.29, 0.717) is 12.3 Å². The van der Waals surface area contributed by atoms with Crippen LogP contribution in [0.3, 0.4) is 0 Å². The summed E-state index contributed by atoms with van der Waals surface area (Å²) in [5.74, 6) is 1.30. The van der Waals surface area contributed by atoms with Crippen molar-refractivity contribution in [3.8, 4) is 11.5 Å². The SMILES string of the molecule is O=C(C=Cc1ccc2c(c1)OCO2)N(Cc1cccs1)c1cn[nH]c1. The zero-order valence-corrected chi connectivity index (χ0v) is 14.0. The number of carbonyl (C=O) groups excluding carboxylic acids is 1. The maximum atomic E-state index is 12.7. The first-order valence-electron chi connectivity index (χ1n) is 7.70. The van der Waals surface area contributed by atoms with Crippen LogP contribution in [0.4, 0.5) is 5.69 Å². The first kappa shape index (κ1) is 15.5. The number of aromatic amines is 1. The van der Waals surface area contributed by atoms with E-state index in [2.05, 4.69) is 10.2 Å². The van der Waals surface area contributed by atoms with Gasteiger partial charge < -0.3 is 14.4 Å². The van der Waals surface area contributed by atoms with Crippen molar-refractivity contribution in [3.63, 3.8) is 0 Å². The summed E-state index contributed by atoms with van der Waals surface area (Å²) < 4.78 is 10.7. The molecule has 7 heteroatoms. The molecule has 3 heterocycles. The van der Waals surface area contributed by atoms with E-state index in [0.717, 1.165) is 21.9 Å². The number of ether oxygens (including phenoxy) is 2. The number of nitrogens with zero attached hydrogens (tertiary/aromatic N) is 2. The lowest BCUT2D eigenvalue weighted by atomic mass is 10.2. The van der Waals surface area contributed by atoms with Crippen molar-refractivity contribution < 1.29 is 14.3 Å². The Labute approximate surface area is 148 Å². The van der Waals surface area contributed by atoms with Crippen molar-refractivity contribution in [2.75, 3.05) is 11.7 Å². The molecule has 1 N–H and O–H groups in total. The summed E-state index contributed by atoms with van der Waals surface area (Å²) in [6.07, 6.45) is 6.67. The van der Waals surface area contributed by atoms with Gasteiger partial charge in [-0.15, -0.1) is 11.3 Å². The third-order valence-corrected chi connectivity index (χ3v) is 4.63. The Kier molecular flexibility index (Phi) is 4.22. The minimum Gasteiger partial charge on any atom is -0.454 e. The van der Waals surface area contributed by atoms with Crippen LogP contribution in [0, 0.1) is 0 Å². The van der Waals surface area contributed by atoms with E-state index in [-0.39, 0.29) is 12.7 Å². The number of thiophene rings is 1. The Morgan fingerprint density at radius 1 is 1.32 bits per heavy atom. The Hall–Kier alpha value is -3.06. The summed E-state index contributed by atoms with van der Waals surface area (Å²) in [5, 5.41) is 8.69. The summed E-state index contributed by atoms with van der Waals surface area (Å²) in [6.45, 7) is 0.734. The number of nitrogens with one attached hydrogen (secondary N) is 1. The van der Waals surface area contributed by atoms with Crippen molar-refractivity contribution in [2.24, 2.45) is 0 Å². The quantitative estimate of drug-likeness (QED) is 0.714. The van der Waals surface area contributed by atoms with Gasteiger partial charge in [-0.05, 0) is 35.2 Å². The highest BCUT2D eigenvalue weighted by Gasteiger charge is 2.16. The lowest BCUT2D eigenvalue weighted by Gasteiger charge is -2.18. The highest BCUT2D eigenvalue weighted by Crippen LogP contribution is 2.32. The third-order valence-electron chi connectivity index (χ3n) is 3.77. The van der Waals surface area contributed by atoms with Gasteiger partial charge in [-0.25, -0.2) is 0 Å². The highest BCUT2D eigenvalue weighted by molar-refractivity contribution is 7.09. The van der Waals surface area contributed by atoms with Crippen LogP contribution < -0.4 is 14.4 Å². The van der Waals surface area contributed by atoms with Gasteiger partial charge in [-0.2, -0.15) is 5.10 Å². The maximum Gasteiger partial charge on any atom is 0.251 e. The predicted molar refractivity (Wildman–Crippen MR) is 95.7 cm³/mol. The predicted octanol–water partition coefficient (Wildman–Crippen LogP) is 3.45. The normalized spacial score (nSPS) is 12.6. The fourth-order valence-corrected chi connectivity index (χ4v) is 3.21. The average molecular weight is 353 g/mol. The van der Waals surface area contributed by atoms with Crippen molar-refractivity contribution in [3.05, 3.63) is 64.6 Å². The van der Waals surface area contributed by atoms with Crippen molar-refractivity contribution >= 4 is 29.0 Å². The number of hydrogen-bond acceptors (Lipinski definition) is 5. The first-order chi connectivity index (χ1) is 12.3. The molecule has 0 atom stereocenters. The zero-order chi connectivity index (χ0) is 17.1. The topological polar surface area (TPSA) is 67.5 Å². The number of carbonyl (C=O) groups is 1. The van der Waals surface area contributed by atoms with Gasteiger partial charge in [0.15, 0.2) is 11.5 Å². The maximum absolute atomic E-state index is 12.7. The molecule has 0 unspecified atom stereocenters. The van der Waals surface area contributed by atoms with E-state index in [4.69, 9.17) is 9.47 Å². The molecule has 0 saturated heterocycles. The zero-order valence-electron chi connectivity index (χ0n) is 13.2. The molecule has 25 heavy (non-hydrogen) atoms. The van der Waals surface area contributed by atoms with Gasteiger partial charge in [0.25, 0.3) is 5.91 Å². The van der Waals surface area contributed by atoms with Crippen LogP contribution in [0.2, 0.25) is 0 Å². The largest absolute Gasteiger partial charge is 0.454 e. The average Bonchev–Trinajstić information content (AvgIpc) is 3.39. The number of amides is 1. The summed E-state index contributed by atoms with van der Waals surface area (Å²) in [5.41, 5.74) is 1.61. The van der Waals surface area contributed by atoms with Crippen LogP contribution >= 0.6 is 11.3 Å². The summed E-state index contributed by atoms with van der Waals surface area (Å²) in [6, 6.07) is 9.56. The molecule has 126 valence electrons. The number of anilines is 1. The van der Waals surface area contributed by atoms with Gasteiger partial charge in [-0.3, -0.25) is 9.89 Å². The third kappa shape index (κ3) is 3.41. The molecule has 3 aromatic rings. The number of aromatic nitrogens is 2. The van der Waals surface area contributed by atoms with Crippen LogP contribution in [0.25, 0.3) is 6.08 Å². The van der Waals surface area contributed by atoms with Crippen LogP contribution in [-0.2, 0) is 11.3 Å². The molecule has 2 aromatic heterocycles. The smallest absolute Gasteiger partial charge is 0.251 e. The molecule has 1 amide bonds. The standard InChI is InChI=1S/C18H15N3O3S/c22-18(6-4-13-3-5-16-17(8-13)24-12-23-16)21(14-9-19-20-10-14)11-15-2-1-7-25-15/h1-10H,11-12H2,(H,19,20). The Balaban J connectivity index is 1.54. The van der Waals surface area contributed by atoms with Crippen LogP contribution in [0.1, 0.15) is 10.4 Å². The van der Waals surface area contributed by atoms with Crippen molar-refractivity contribution in [1.29, 1.82) is 0 Å². The van der Waals surface area contributed by atoms with E-state index in [1.165, 1.54) is 0 Å². The fraction of sp³-hybridized carbons (Fsp3) is 0.111. The van der Waals surface area contributed by atoms with E-state index in [1.807, 2.05) is 35.7 Å². The van der Waals surface area contributed by atoms with Gasteiger partial charge in [-0.1, -0.05) is 12.1 Å². The second-order valence-corrected chi connectivity index (χ2v) is 6.44. The van der Waals surface area contributed by atoms with Crippen LogP contribution in [-0.4, -0.2) is 22.9 Å². The molecule has 6 nitrogen and oxygen atoms in total. The molecule has 0 saturated carbocycles. The lowest BCUT2D eigenvalue weighted by Crippen LogP contribution is -2.27. The molecule has 0 fully saturated rings. The molecule has 1 aliphatic rings. The van der Waals surface area contributed by atoms with E-state index < -0.39 is 0 Å². The fourth-order valence-electron chi connectivity index (χ4n) is 2.52. The Bertz CT molecular complexity index is 888. The highest BCUT2D eigenvalue weighted by atomic mass is 32.1. The number of fused-ring (bicyclic) bond motifs is 1. The molecular formula is C18H15N3O3S. The molecule has 4 rings (SSSR count). The van der Waals surface area contributed by atoms with Gasteiger partial charge in [0.2, 0.25) is 6.79 Å². The number of rotatable bonds is 5. The van der Waals surface area contributed by atoms with Gasteiger partial charge >= 0.3 is 0 Å². The minimum atomic E-state index is -0.118. The second kappa shape index (κ2) is 6.82. The van der Waals surface area contributed by atoms with Crippen molar-refractivity contribution in [2.45, 2.75) is 6.54 Å². The summed E-state index contributed by atoms with van der Waals surface area (Å²) >= 11 is 1.61. The van der Waals surface area contributed by atoms with Gasteiger partial charge in [0.1, 0.15) is 0 Å². The first-order valence-corrected chi connectivity index (χ1v) is 8.58. The van der Waals surface area contributed by atoms with E-state index in [1.54, 1.807) is 40.8 Å².